The van der Waals surface area contributed by atoms with Gasteiger partial charge in [-0.3, -0.25) is 10.2 Å². The summed E-state index contributed by atoms with van der Waals surface area (Å²) in [5, 5.41) is 8.91. The predicted molar refractivity (Wildman–Crippen MR) is 26.5 cm³/mol. The zero-order valence-electron chi connectivity index (χ0n) is 4.35. The van der Waals surface area contributed by atoms with Crippen molar-refractivity contribution in [1.29, 1.82) is 0 Å². The van der Waals surface area contributed by atoms with Crippen LogP contribution in [0.4, 0.5) is 0 Å². The highest BCUT2D eigenvalue weighted by Crippen LogP contribution is 2.34. The largest absolute Gasteiger partial charge is 0.380 e. The van der Waals surface area contributed by atoms with Crippen molar-refractivity contribution in [3.63, 3.8) is 0 Å². The summed E-state index contributed by atoms with van der Waals surface area (Å²) in [6.07, 6.45) is 1.08. The van der Waals surface area contributed by atoms with Crippen molar-refractivity contribution < 1.29 is 9.90 Å². The lowest BCUT2D eigenvalue weighted by Crippen LogP contribution is -2.40. The number of aliphatic hydroxyl groups is 1. The van der Waals surface area contributed by atoms with Crippen molar-refractivity contribution in [3.05, 3.63) is 0 Å². The number of hydrogen-bond acceptors (Lipinski definition) is 3. The van der Waals surface area contributed by atoms with E-state index in [2.05, 4.69) is 0 Å². The summed E-state index contributed by atoms with van der Waals surface area (Å²) in [4.78, 5) is 10.4. The van der Waals surface area contributed by atoms with Crippen molar-refractivity contribution >= 4 is 5.91 Å². The number of nitrogens with two attached hydrogens (primary N) is 1. The monoisotopic (exact) mass is 116 g/mol. The molecule has 4 nitrogen and oxygen atoms in total. The molecule has 4 heteroatoms. The maximum Gasteiger partial charge on any atom is 0.265 e. The standard InChI is InChI=1S/C4H8N2O2/c5-6-3(7)4(8)1-2-4/h8H,1-2,5H2,(H,6,7). The van der Waals surface area contributed by atoms with Crippen LogP contribution in [0.1, 0.15) is 12.8 Å². The first-order valence-corrected chi connectivity index (χ1v) is 2.42. The topological polar surface area (TPSA) is 75.3 Å². The molecule has 1 rings (SSSR count). The van der Waals surface area contributed by atoms with Gasteiger partial charge in [-0.25, -0.2) is 5.84 Å². The smallest absolute Gasteiger partial charge is 0.265 e. The van der Waals surface area contributed by atoms with E-state index in [0.29, 0.717) is 12.8 Å². The van der Waals surface area contributed by atoms with Crippen molar-refractivity contribution in [2.45, 2.75) is 18.4 Å². The van der Waals surface area contributed by atoms with Crippen LogP contribution in [-0.2, 0) is 4.79 Å². The summed E-state index contributed by atoms with van der Waals surface area (Å²) in [5.41, 5.74) is 0.762. The van der Waals surface area contributed by atoms with Gasteiger partial charge in [-0.15, -0.1) is 0 Å². The van der Waals surface area contributed by atoms with Crippen LogP contribution in [-0.4, -0.2) is 16.6 Å². The van der Waals surface area contributed by atoms with Crippen LogP contribution in [0, 0.1) is 0 Å². The Morgan fingerprint density at radius 2 is 2.25 bits per heavy atom. The average molecular weight is 116 g/mol. The van der Waals surface area contributed by atoms with E-state index >= 15 is 0 Å². The molecule has 0 saturated heterocycles. The minimum absolute atomic E-state index is 0.475. The molecule has 0 unspecified atom stereocenters. The molecule has 0 aliphatic heterocycles. The Morgan fingerprint density at radius 3 is 2.38 bits per heavy atom. The Hall–Kier alpha value is -0.610. The average Bonchev–Trinajstić information content (AvgIpc) is 2.47. The molecule has 1 aliphatic carbocycles. The van der Waals surface area contributed by atoms with E-state index < -0.39 is 11.5 Å². The lowest BCUT2D eigenvalue weighted by atomic mass is 10.3. The van der Waals surface area contributed by atoms with Gasteiger partial charge in [0.2, 0.25) is 0 Å². The summed E-state index contributed by atoms with van der Waals surface area (Å²) < 4.78 is 0. The van der Waals surface area contributed by atoms with Gasteiger partial charge < -0.3 is 5.11 Å². The van der Waals surface area contributed by atoms with E-state index in [9.17, 15) is 4.79 Å². The molecule has 4 N–H and O–H groups in total. The Kier molecular flexibility index (Phi) is 0.988. The zero-order chi connectivity index (χ0) is 6.20. The van der Waals surface area contributed by atoms with Crippen LogP contribution in [0.3, 0.4) is 0 Å². The molecule has 0 aromatic heterocycles. The fourth-order valence-corrected chi connectivity index (χ4v) is 0.480. The van der Waals surface area contributed by atoms with E-state index in [0.717, 1.165) is 0 Å². The Morgan fingerprint density at radius 1 is 1.75 bits per heavy atom. The molecule has 0 atom stereocenters. The van der Waals surface area contributed by atoms with Gasteiger partial charge >= 0.3 is 0 Å². The third kappa shape index (κ3) is 0.677. The van der Waals surface area contributed by atoms with Gasteiger partial charge in [0.15, 0.2) is 0 Å². The predicted octanol–water partition coefficient (Wildman–Crippen LogP) is -1.50. The minimum Gasteiger partial charge on any atom is -0.380 e. The Balaban J connectivity index is 2.46. The van der Waals surface area contributed by atoms with Crippen molar-refractivity contribution in [3.8, 4) is 0 Å². The van der Waals surface area contributed by atoms with Gasteiger partial charge in [0.1, 0.15) is 5.60 Å². The van der Waals surface area contributed by atoms with Gasteiger partial charge in [-0.05, 0) is 12.8 Å². The lowest BCUT2D eigenvalue weighted by Gasteiger charge is -2.01. The van der Waals surface area contributed by atoms with Gasteiger partial charge in [-0.1, -0.05) is 0 Å². The van der Waals surface area contributed by atoms with Crippen LogP contribution in [0.2, 0.25) is 0 Å². The number of nitrogens with one attached hydrogen (secondary N) is 1. The molecule has 1 aliphatic rings. The second-order valence-corrected chi connectivity index (χ2v) is 2.01. The molecule has 1 fully saturated rings. The molecule has 0 spiro atoms. The molecule has 8 heavy (non-hydrogen) atoms. The van der Waals surface area contributed by atoms with E-state index in [1.807, 2.05) is 5.43 Å². The van der Waals surface area contributed by atoms with E-state index in [1.165, 1.54) is 0 Å². The minimum atomic E-state index is -1.12. The molecule has 0 aromatic carbocycles. The van der Waals surface area contributed by atoms with Crippen molar-refractivity contribution in [2.24, 2.45) is 5.84 Å². The Labute approximate surface area is 46.6 Å². The molecule has 1 amide bonds. The van der Waals surface area contributed by atoms with Gasteiger partial charge in [0, 0.05) is 0 Å². The highest BCUT2D eigenvalue weighted by molar-refractivity contribution is 5.87. The first-order valence-electron chi connectivity index (χ1n) is 2.42. The number of hydrazine groups is 1. The van der Waals surface area contributed by atoms with Gasteiger partial charge in [0.25, 0.3) is 5.91 Å². The summed E-state index contributed by atoms with van der Waals surface area (Å²) in [5.74, 6) is 4.26. The molecule has 0 heterocycles. The van der Waals surface area contributed by atoms with Crippen molar-refractivity contribution in [2.75, 3.05) is 0 Å². The zero-order valence-corrected chi connectivity index (χ0v) is 4.35. The summed E-state index contributed by atoms with van der Waals surface area (Å²) in [6, 6.07) is 0. The Bertz CT molecular complexity index is 119. The molecule has 0 radical (unpaired) electrons. The number of carbonyl (C=O) groups excluding carboxylic acids is 1. The quantitative estimate of drug-likeness (QED) is 0.222. The summed E-state index contributed by atoms with van der Waals surface area (Å²) >= 11 is 0. The first kappa shape index (κ1) is 5.53. The van der Waals surface area contributed by atoms with Gasteiger partial charge in [0.05, 0.1) is 0 Å². The second-order valence-electron chi connectivity index (χ2n) is 2.01. The number of hydrogen-bond donors (Lipinski definition) is 3. The lowest BCUT2D eigenvalue weighted by molar-refractivity contribution is -0.131. The maximum atomic E-state index is 10.4. The SMILES string of the molecule is NNC(=O)C1(O)CC1. The van der Waals surface area contributed by atoms with Crippen molar-refractivity contribution in [1.82, 2.24) is 5.43 Å². The van der Waals surface area contributed by atoms with E-state index in [-0.39, 0.29) is 0 Å². The van der Waals surface area contributed by atoms with Crippen LogP contribution < -0.4 is 11.3 Å². The molecular weight excluding hydrogens is 108 g/mol. The van der Waals surface area contributed by atoms with E-state index in [4.69, 9.17) is 10.9 Å². The third-order valence-electron chi connectivity index (χ3n) is 1.28. The summed E-state index contributed by atoms with van der Waals surface area (Å²) in [7, 11) is 0. The number of rotatable bonds is 1. The van der Waals surface area contributed by atoms with Gasteiger partial charge in [-0.2, -0.15) is 0 Å². The fourth-order valence-electron chi connectivity index (χ4n) is 0.480. The van der Waals surface area contributed by atoms with E-state index in [1.54, 1.807) is 0 Å². The molecular formula is C4H8N2O2. The molecule has 1 saturated carbocycles. The highest BCUT2D eigenvalue weighted by atomic mass is 16.3. The maximum absolute atomic E-state index is 10.4. The van der Waals surface area contributed by atoms with Crippen LogP contribution in [0.15, 0.2) is 0 Å². The number of carbonyl (C=O) groups is 1. The fraction of sp³-hybridized carbons (Fsp3) is 0.750. The second kappa shape index (κ2) is 1.43. The first-order chi connectivity index (χ1) is 3.69. The third-order valence-corrected chi connectivity index (χ3v) is 1.28. The number of amides is 1. The molecule has 46 valence electrons. The highest BCUT2D eigenvalue weighted by Gasteiger charge is 2.47. The summed E-state index contributed by atoms with van der Waals surface area (Å²) in [6.45, 7) is 0. The molecule has 0 aromatic rings. The van der Waals surface area contributed by atoms with Crippen LogP contribution in [0.5, 0.6) is 0 Å². The molecule has 0 bridgehead atoms. The normalized spacial score (nSPS) is 22.2. The van der Waals surface area contributed by atoms with Crippen LogP contribution >= 0.6 is 0 Å². The van der Waals surface area contributed by atoms with Crippen LogP contribution in [0.25, 0.3) is 0 Å².